The van der Waals surface area contributed by atoms with Gasteiger partial charge in [-0.3, -0.25) is 29.4 Å². The topological polar surface area (TPSA) is 103 Å². The van der Waals surface area contributed by atoms with Gasteiger partial charge in [0.2, 0.25) is 0 Å². The molecule has 4 rings (SSSR count). The minimum Gasteiger partial charge on any atom is -0.306 e. The lowest BCUT2D eigenvalue weighted by Gasteiger charge is -2.16. The van der Waals surface area contributed by atoms with Crippen molar-refractivity contribution in [1.29, 1.82) is 0 Å². The van der Waals surface area contributed by atoms with Crippen LogP contribution in [0.15, 0.2) is 59.4 Å². The van der Waals surface area contributed by atoms with E-state index in [2.05, 4.69) is 0 Å². The quantitative estimate of drug-likeness (QED) is 0.402. The van der Waals surface area contributed by atoms with E-state index in [1.165, 1.54) is 34.9 Å². The highest BCUT2D eigenvalue weighted by molar-refractivity contribution is 6.21. The molecule has 0 fully saturated rings. The van der Waals surface area contributed by atoms with Gasteiger partial charge in [0.05, 0.1) is 21.6 Å². The van der Waals surface area contributed by atoms with E-state index in [4.69, 9.17) is 0 Å². The Morgan fingerprint density at radius 3 is 2.15 bits per heavy atom. The van der Waals surface area contributed by atoms with Crippen LogP contribution in [0.4, 0.5) is 5.69 Å². The number of carbonyl (C=O) groups is 2. The van der Waals surface area contributed by atoms with E-state index >= 15 is 0 Å². The summed E-state index contributed by atoms with van der Waals surface area (Å²) in [5.41, 5.74) is 0.817. The number of rotatable bonds is 4. The molecule has 0 atom stereocenters. The minimum atomic E-state index is -0.506. The molecule has 0 aliphatic carbocycles. The summed E-state index contributed by atoms with van der Waals surface area (Å²) in [6, 6.07) is 13.6. The van der Waals surface area contributed by atoms with Gasteiger partial charge in [0, 0.05) is 36.7 Å². The smallest absolute Gasteiger partial charge is 0.270 e. The molecule has 0 saturated heterocycles. The Morgan fingerprint density at radius 1 is 0.852 bits per heavy atom. The summed E-state index contributed by atoms with van der Waals surface area (Å²) in [4.78, 5) is 48.7. The first-order valence-corrected chi connectivity index (χ1v) is 8.20. The van der Waals surface area contributed by atoms with Crippen LogP contribution in [0.2, 0.25) is 0 Å². The summed E-state index contributed by atoms with van der Waals surface area (Å²) < 4.78 is 1.41. The van der Waals surface area contributed by atoms with Crippen molar-refractivity contribution in [3.63, 3.8) is 0 Å². The molecule has 0 bridgehead atoms. The summed E-state index contributed by atoms with van der Waals surface area (Å²) in [5, 5.41) is 11.5. The molecular formula is C19H13N3O5. The van der Waals surface area contributed by atoms with Gasteiger partial charge in [-0.2, -0.15) is 0 Å². The molecule has 8 nitrogen and oxygen atoms in total. The van der Waals surface area contributed by atoms with Crippen LogP contribution >= 0.6 is 0 Å². The number of nitro groups is 1. The lowest BCUT2D eigenvalue weighted by Crippen LogP contribution is -2.35. The molecule has 0 unspecified atom stereocenters. The Kier molecular flexibility index (Phi) is 3.80. The number of benzene rings is 2. The SMILES string of the molecule is O=C1c2ccccc2C(=O)N1CCn1c(=O)ccc2cc([N+](=O)[O-])ccc21. The number of nitro benzene ring substituents is 1. The van der Waals surface area contributed by atoms with Gasteiger partial charge in [-0.15, -0.1) is 0 Å². The summed E-state index contributed by atoms with van der Waals surface area (Å²) >= 11 is 0. The molecule has 134 valence electrons. The average Bonchev–Trinajstić information content (AvgIpc) is 2.91. The van der Waals surface area contributed by atoms with Gasteiger partial charge in [0.25, 0.3) is 23.1 Å². The van der Waals surface area contributed by atoms with E-state index in [-0.39, 0.29) is 36.2 Å². The van der Waals surface area contributed by atoms with Crippen molar-refractivity contribution in [2.75, 3.05) is 6.54 Å². The number of non-ortho nitro benzene ring substituents is 1. The van der Waals surface area contributed by atoms with Gasteiger partial charge in [0.1, 0.15) is 0 Å². The Morgan fingerprint density at radius 2 is 1.52 bits per heavy atom. The lowest BCUT2D eigenvalue weighted by molar-refractivity contribution is -0.384. The Balaban J connectivity index is 1.66. The summed E-state index contributed by atoms with van der Waals surface area (Å²) in [7, 11) is 0. The number of carbonyl (C=O) groups excluding carboxylic acids is 2. The van der Waals surface area contributed by atoms with E-state index in [1.807, 2.05) is 0 Å². The third kappa shape index (κ3) is 2.67. The number of pyridine rings is 1. The molecule has 2 amide bonds. The maximum atomic E-state index is 12.4. The van der Waals surface area contributed by atoms with E-state index in [0.717, 1.165) is 4.90 Å². The minimum absolute atomic E-state index is 0.0301. The second-order valence-electron chi connectivity index (χ2n) is 6.13. The number of aromatic nitrogens is 1. The second kappa shape index (κ2) is 6.17. The normalized spacial score (nSPS) is 13.3. The van der Waals surface area contributed by atoms with E-state index in [9.17, 15) is 24.5 Å². The van der Waals surface area contributed by atoms with Crippen molar-refractivity contribution in [3.8, 4) is 0 Å². The highest BCUT2D eigenvalue weighted by Crippen LogP contribution is 2.23. The van der Waals surface area contributed by atoms with Crippen molar-refractivity contribution in [1.82, 2.24) is 9.47 Å². The highest BCUT2D eigenvalue weighted by Gasteiger charge is 2.34. The van der Waals surface area contributed by atoms with Gasteiger partial charge >= 0.3 is 0 Å². The van der Waals surface area contributed by atoms with Crippen LogP contribution in [0.3, 0.4) is 0 Å². The van der Waals surface area contributed by atoms with Crippen LogP contribution in [0.5, 0.6) is 0 Å². The van der Waals surface area contributed by atoms with Crippen LogP contribution in [-0.2, 0) is 6.54 Å². The highest BCUT2D eigenvalue weighted by atomic mass is 16.6. The average molecular weight is 363 g/mol. The van der Waals surface area contributed by atoms with Gasteiger partial charge in [0.15, 0.2) is 0 Å². The molecule has 0 N–H and O–H groups in total. The molecule has 27 heavy (non-hydrogen) atoms. The molecule has 0 spiro atoms. The number of amides is 2. The molecule has 2 aromatic carbocycles. The molecule has 1 aromatic heterocycles. The number of fused-ring (bicyclic) bond motifs is 2. The third-order valence-corrected chi connectivity index (χ3v) is 4.61. The zero-order valence-corrected chi connectivity index (χ0v) is 14.0. The molecule has 0 saturated carbocycles. The van der Waals surface area contributed by atoms with Gasteiger partial charge in [-0.1, -0.05) is 12.1 Å². The maximum absolute atomic E-state index is 12.4. The van der Waals surface area contributed by atoms with E-state index in [1.54, 1.807) is 24.3 Å². The summed E-state index contributed by atoms with van der Waals surface area (Å²) in [6.07, 6.45) is 0. The van der Waals surface area contributed by atoms with Gasteiger partial charge in [-0.25, -0.2) is 0 Å². The molecule has 3 aromatic rings. The lowest BCUT2D eigenvalue weighted by atomic mass is 10.1. The standard InChI is InChI=1S/C19H13N3O5/c23-17-8-5-12-11-13(22(26)27)6-7-16(12)20(17)9-10-21-18(24)14-3-1-2-4-15(14)19(21)25/h1-8,11H,9-10H2. The monoisotopic (exact) mass is 363 g/mol. The molecule has 2 heterocycles. The fraction of sp³-hybridized carbons (Fsp3) is 0.105. The molecular weight excluding hydrogens is 350 g/mol. The van der Waals surface area contributed by atoms with Crippen LogP contribution in [0.1, 0.15) is 20.7 Å². The van der Waals surface area contributed by atoms with Crippen molar-refractivity contribution in [3.05, 3.63) is 86.2 Å². The second-order valence-corrected chi connectivity index (χ2v) is 6.13. The van der Waals surface area contributed by atoms with Crippen molar-refractivity contribution in [2.45, 2.75) is 6.54 Å². The zero-order chi connectivity index (χ0) is 19.1. The van der Waals surface area contributed by atoms with Crippen LogP contribution in [-0.4, -0.2) is 32.7 Å². The first-order chi connectivity index (χ1) is 13.0. The van der Waals surface area contributed by atoms with Crippen LogP contribution in [0.25, 0.3) is 10.9 Å². The fourth-order valence-corrected chi connectivity index (χ4v) is 3.28. The number of nitrogens with zero attached hydrogens (tertiary/aromatic N) is 3. The van der Waals surface area contributed by atoms with E-state index in [0.29, 0.717) is 22.0 Å². The predicted octanol–water partition coefficient (Wildman–Crippen LogP) is 2.21. The Bertz CT molecular complexity index is 1150. The summed E-state index contributed by atoms with van der Waals surface area (Å²) in [5.74, 6) is -0.779. The maximum Gasteiger partial charge on any atom is 0.270 e. The van der Waals surface area contributed by atoms with Gasteiger partial charge < -0.3 is 4.57 Å². The fourth-order valence-electron chi connectivity index (χ4n) is 3.28. The molecule has 1 aliphatic rings. The number of imide groups is 1. The van der Waals surface area contributed by atoms with E-state index < -0.39 is 4.92 Å². The largest absolute Gasteiger partial charge is 0.306 e. The number of hydrogen-bond donors (Lipinski definition) is 0. The number of hydrogen-bond acceptors (Lipinski definition) is 5. The summed E-state index contributed by atoms with van der Waals surface area (Å²) in [6.45, 7) is 0.127. The Labute approximate surface area is 152 Å². The first-order valence-electron chi connectivity index (χ1n) is 8.20. The van der Waals surface area contributed by atoms with Crippen molar-refractivity contribution < 1.29 is 14.5 Å². The zero-order valence-electron chi connectivity index (χ0n) is 14.0. The van der Waals surface area contributed by atoms with Crippen molar-refractivity contribution >= 4 is 28.4 Å². The van der Waals surface area contributed by atoms with Crippen LogP contribution in [0, 0.1) is 10.1 Å². The molecule has 0 radical (unpaired) electrons. The predicted molar refractivity (Wildman–Crippen MR) is 96.7 cm³/mol. The van der Waals surface area contributed by atoms with Crippen LogP contribution < -0.4 is 5.56 Å². The first kappa shape index (κ1) is 16.6. The molecule has 1 aliphatic heterocycles. The van der Waals surface area contributed by atoms with Crippen molar-refractivity contribution in [2.24, 2.45) is 0 Å². The Hall–Kier alpha value is -3.81. The van der Waals surface area contributed by atoms with Gasteiger partial charge in [-0.05, 0) is 24.3 Å². The molecule has 8 heteroatoms. The third-order valence-electron chi connectivity index (χ3n) is 4.61.